The number of rotatable bonds is 2. The molecule has 6 nitrogen and oxygen atoms in total. The maximum absolute atomic E-state index is 12.7. The molecule has 1 amide bonds. The van der Waals surface area contributed by atoms with Gasteiger partial charge in [-0.3, -0.25) is 9.78 Å². The SMILES string of the molecule is C[C@@H]1CN(C(=O)C2CC(c3ccccn3)NN2)CC[C@]1(C)O. The zero-order chi connectivity index (χ0) is 15.7. The predicted molar refractivity (Wildman–Crippen MR) is 82.6 cm³/mol. The summed E-state index contributed by atoms with van der Waals surface area (Å²) in [4.78, 5) is 18.9. The Bertz CT molecular complexity index is 534. The van der Waals surface area contributed by atoms with Crippen molar-refractivity contribution in [1.82, 2.24) is 20.7 Å². The molecule has 1 aromatic heterocycles. The molecule has 22 heavy (non-hydrogen) atoms. The minimum absolute atomic E-state index is 0.0560. The fourth-order valence-electron chi connectivity index (χ4n) is 3.14. The van der Waals surface area contributed by atoms with Crippen LogP contribution in [0, 0.1) is 5.92 Å². The Morgan fingerprint density at radius 3 is 2.95 bits per heavy atom. The van der Waals surface area contributed by atoms with Crippen LogP contribution in [0.25, 0.3) is 0 Å². The molecule has 2 fully saturated rings. The number of carbonyl (C=O) groups excluding carboxylic acids is 1. The number of hydrazine groups is 1. The van der Waals surface area contributed by atoms with Gasteiger partial charge in [0.25, 0.3) is 0 Å². The third-order valence-corrected chi connectivity index (χ3v) is 5.00. The van der Waals surface area contributed by atoms with Crippen molar-refractivity contribution in [3.05, 3.63) is 30.1 Å². The first kappa shape index (κ1) is 15.4. The summed E-state index contributed by atoms with van der Waals surface area (Å²) < 4.78 is 0. The summed E-state index contributed by atoms with van der Waals surface area (Å²) in [5, 5.41) is 10.2. The molecule has 0 aromatic carbocycles. The molecular weight excluding hydrogens is 280 g/mol. The quantitative estimate of drug-likeness (QED) is 0.746. The molecule has 2 aliphatic rings. The summed E-state index contributed by atoms with van der Waals surface area (Å²) in [5.41, 5.74) is 6.53. The molecule has 120 valence electrons. The van der Waals surface area contributed by atoms with Crippen LogP contribution >= 0.6 is 0 Å². The van der Waals surface area contributed by atoms with Crippen molar-refractivity contribution in [2.45, 2.75) is 44.4 Å². The lowest BCUT2D eigenvalue weighted by atomic mass is 9.83. The van der Waals surface area contributed by atoms with Gasteiger partial charge in [-0.2, -0.15) is 0 Å². The summed E-state index contributed by atoms with van der Waals surface area (Å²) in [6, 6.07) is 5.62. The number of nitrogens with one attached hydrogen (secondary N) is 2. The molecule has 3 N–H and O–H groups in total. The van der Waals surface area contributed by atoms with E-state index in [4.69, 9.17) is 0 Å². The Kier molecular flexibility index (Phi) is 4.16. The second-order valence-electron chi connectivity index (χ2n) is 6.68. The fraction of sp³-hybridized carbons (Fsp3) is 0.625. The van der Waals surface area contributed by atoms with Gasteiger partial charge in [0, 0.05) is 25.2 Å². The van der Waals surface area contributed by atoms with Crippen LogP contribution in [0.2, 0.25) is 0 Å². The van der Waals surface area contributed by atoms with Crippen LogP contribution in [0.5, 0.6) is 0 Å². The molecule has 0 aliphatic carbocycles. The molecule has 0 saturated carbocycles. The standard InChI is InChI=1S/C16H24N4O2/c1-11-10-20(8-6-16(11,2)22)15(21)14-9-13(18-19-14)12-5-3-4-7-17-12/h3-5,7,11,13-14,18-19,22H,6,8-10H2,1-2H3/t11-,13?,14?,16+/m1/s1. The molecule has 3 rings (SSSR count). The highest BCUT2D eigenvalue weighted by molar-refractivity contribution is 5.82. The van der Waals surface area contributed by atoms with Crippen LogP contribution in [0.1, 0.15) is 38.4 Å². The summed E-state index contributed by atoms with van der Waals surface area (Å²) in [7, 11) is 0. The normalized spacial score (nSPS) is 35.6. The minimum atomic E-state index is -0.672. The molecule has 0 radical (unpaired) electrons. The molecule has 6 heteroatoms. The van der Waals surface area contributed by atoms with Crippen molar-refractivity contribution < 1.29 is 9.90 Å². The topological polar surface area (TPSA) is 77.5 Å². The Hall–Kier alpha value is -1.50. The highest BCUT2D eigenvalue weighted by atomic mass is 16.3. The second kappa shape index (κ2) is 5.95. The average Bonchev–Trinajstić information content (AvgIpc) is 3.00. The van der Waals surface area contributed by atoms with Gasteiger partial charge in [-0.25, -0.2) is 10.9 Å². The van der Waals surface area contributed by atoms with Gasteiger partial charge in [0.1, 0.15) is 6.04 Å². The Labute approximate surface area is 130 Å². The number of piperidine rings is 1. The van der Waals surface area contributed by atoms with E-state index in [1.165, 1.54) is 0 Å². The van der Waals surface area contributed by atoms with Gasteiger partial charge in [0.05, 0.1) is 17.3 Å². The number of pyridine rings is 1. The van der Waals surface area contributed by atoms with Crippen molar-refractivity contribution in [3.63, 3.8) is 0 Å². The van der Waals surface area contributed by atoms with Gasteiger partial charge < -0.3 is 10.0 Å². The number of aromatic nitrogens is 1. The first-order valence-corrected chi connectivity index (χ1v) is 7.90. The predicted octanol–water partition coefficient (Wildman–Crippen LogP) is 0.609. The highest BCUT2D eigenvalue weighted by Crippen LogP contribution is 2.28. The summed E-state index contributed by atoms with van der Waals surface area (Å²) in [5.74, 6) is 0.194. The number of amides is 1. The maximum Gasteiger partial charge on any atom is 0.241 e. The van der Waals surface area contributed by atoms with Gasteiger partial charge >= 0.3 is 0 Å². The van der Waals surface area contributed by atoms with Crippen LogP contribution in [-0.2, 0) is 4.79 Å². The van der Waals surface area contributed by atoms with E-state index in [9.17, 15) is 9.90 Å². The van der Waals surface area contributed by atoms with E-state index in [0.717, 1.165) is 5.69 Å². The first-order chi connectivity index (χ1) is 10.5. The molecule has 0 spiro atoms. The average molecular weight is 304 g/mol. The van der Waals surface area contributed by atoms with E-state index < -0.39 is 5.60 Å². The molecule has 1 aromatic rings. The Morgan fingerprint density at radius 1 is 1.45 bits per heavy atom. The van der Waals surface area contributed by atoms with Gasteiger partial charge in [0.2, 0.25) is 5.91 Å². The number of hydrogen-bond donors (Lipinski definition) is 3. The first-order valence-electron chi connectivity index (χ1n) is 7.90. The van der Waals surface area contributed by atoms with Crippen molar-refractivity contribution in [2.24, 2.45) is 5.92 Å². The number of carbonyl (C=O) groups is 1. The molecule has 2 aliphatic heterocycles. The van der Waals surface area contributed by atoms with E-state index in [-0.39, 0.29) is 23.9 Å². The van der Waals surface area contributed by atoms with Gasteiger partial charge in [-0.15, -0.1) is 0 Å². The number of aliphatic hydroxyl groups is 1. The van der Waals surface area contributed by atoms with Crippen molar-refractivity contribution >= 4 is 5.91 Å². The van der Waals surface area contributed by atoms with E-state index in [0.29, 0.717) is 25.9 Å². The fourth-order valence-corrected chi connectivity index (χ4v) is 3.14. The molecule has 2 unspecified atom stereocenters. The lowest BCUT2D eigenvalue weighted by Crippen LogP contribution is -2.54. The van der Waals surface area contributed by atoms with Crippen molar-refractivity contribution in [2.75, 3.05) is 13.1 Å². The van der Waals surface area contributed by atoms with Crippen molar-refractivity contribution in [3.8, 4) is 0 Å². The molecule has 2 saturated heterocycles. The van der Waals surface area contributed by atoms with E-state index in [1.807, 2.05) is 36.9 Å². The number of hydrogen-bond acceptors (Lipinski definition) is 5. The van der Waals surface area contributed by atoms with Crippen LogP contribution in [0.3, 0.4) is 0 Å². The highest BCUT2D eigenvalue weighted by Gasteiger charge is 2.39. The lowest BCUT2D eigenvalue weighted by molar-refractivity contribution is -0.140. The summed E-state index contributed by atoms with van der Waals surface area (Å²) in [6.45, 7) is 5.07. The maximum atomic E-state index is 12.7. The summed E-state index contributed by atoms with van der Waals surface area (Å²) >= 11 is 0. The van der Waals surface area contributed by atoms with Crippen LogP contribution < -0.4 is 10.9 Å². The zero-order valence-electron chi connectivity index (χ0n) is 13.1. The minimum Gasteiger partial charge on any atom is -0.390 e. The third-order valence-electron chi connectivity index (χ3n) is 5.00. The number of likely N-dealkylation sites (tertiary alicyclic amines) is 1. The summed E-state index contributed by atoms with van der Waals surface area (Å²) in [6.07, 6.45) is 3.08. The number of nitrogens with zero attached hydrogens (tertiary/aromatic N) is 2. The van der Waals surface area contributed by atoms with Crippen LogP contribution in [0.4, 0.5) is 0 Å². The molecule has 3 heterocycles. The monoisotopic (exact) mass is 304 g/mol. The third kappa shape index (κ3) is 2.99. The van der Waals surface area contributed by atoms with Crippen LogP contribution in [-0.4, -0.2) is 45.6 Å². The Balaban J connectivity index is 1.60. The van der Waals surface area contributed by atoms with Crippen LogP contribution in [0.15, 0.2) is 24.4 Å². The molecule has 4 atom stereocenters. The van der Waals surface area contributed by atoms with Gasteiger partial charge in [0.15, 0.2) is 0 Å². The van der Waals surface area contributed by atoms with E-state index in [2.05, 4.69) is 15.8 Å². The second-order valence-corrected chi connectivity index (χ2v) is 6.68. The smallest absolute Gasteiger partial charge is 0.241 e. The molecular formula is C16H24N4O2. The zero-order valence-corrected chi connectivity index (χ0v) is 13.1. The molecule has 0 bridgehead atoms. The largest absolute Gasteiger partial charge is 0.390 e. The van der Waals surface area contributed by atoms with Crippen molar-refractivity contribution in [1.29, 1.82) is 0 Å². The Morgan fingerprint density at radius 2 is 2.27 bits per heavy atom. The lowest BCUT2D eigenvalue weighted by Gasteiger charge is -2.41. The van der Waals surface area contributed by atoms with E-state index in [1.54, 1.807) is 6.20 Å². The van der Waals surface area contributed by atoms with Gasteiger partial charge in [-0.1, -0.05) is 13.0 Å². The van der Waals surface area contributed by atoms with Gasteiger partial charge in [-0.05, 0) is 31.9 Å². The van der Waals surface area contributed by atoms with E-state index >= 15 is 0 Å².